The van der Waals surface area contributed by atoms with E-state index < -0.39 is 17.9 Å². The Balaban J connectivity index is 1.94. The van der Waals surface area contributed by atoms with Gasteiger partial charge in [0, 0.05) is 12.0 Å². The van der Waals surface area contributed by atoms with E-state index >= 15 is 0 Å². The van der Waals surface area contributed by atoms with E-state index in [1.54, 1.807) is 0 Å². The standard InChI is InChI=1S/C16H18N2O4/c1-8(2)9-4-3-5-10-13(9)16(22)18(15(10)21)11-6-7-12(19)17-14(11)20/h4,8,11H,3,5-7H2,1-2H3,(H,17,19,20). The molecule has 1 aliphatic carbocycles. The molecule has 3 rings (SSSR count). The molecule has 1 fully saturated rings. The predicted molar refractivity (Wildman–Crippen MR) is 77.2 cm³/mol. The van der Waals surface area contributed by atoms with Crippen molar-refractivity contribution < 1.29 is 19.2 Å². The first-order chi connectivity index (χ1) is 10.4. The zero-order valence-corrected chi connectivity index (χ0v) is 12.6. The summed E-state index contributed by atoms with van der Waals surface area (Å²) in [5.74, 6) is -1.55. The quantitative estimate of drug-likeness (QED) is 0.766. The number of amides is 4. The molecule has 0 spiro atoms. The fraction of sp³-hybridized carbons (Fsp3) is 0.500. The number of nitrogens with zero attached hydrogens (tertiary/aromatic N) is 1. The van der Waals surface area contributed by atoms with Gasteiger partial charge in [-0.3, -0.25) is 29.4 Å². The Morgan fingerprint density at radius 2 is 1.86 bits per heavy atom. The van der Waals surface area contributed by atoms with E-state index in [-0.39, 0.29) is 30.6 Å². The Labute approximate surface area is 128 Å². The molecule has 1 atom stereocenters. The molecule has 0 aromatic rings. The van der Waals surface area contributed by atoms with Crippen molar-refractivity contribution in [3.05, 3.63) is 22.8 Å². The van der Waals surface area contributed by atoms with Crippen LogP contribution in [-0.4, -0.2) is 34.6 Å². The number of allylic oxidation sites excluding steroid dienone is 1. The lowest BCUT2D eigenvalue weighted by Gasteiger charge is -2.28. The first-order valence-electron chi connectivity index (χ1n) is 7.57. The maximum Gasteiger partial charge on any atom is 0.262 e. The molecule has 116 valence electrons. The summed E-state index contributed by atoms with van der Waals surface area (Å²) in [5.41, 5.74) is 1.87. The molecule has 0 radical (unpaired) electrons. The number of nitrogens with one attached hydrogen (secondary N) is 1. The third-order valence-electron chi connectivity index (χ3n) is 4.40. The highest BCUT2D eigenvalue weighted by Gasteiger charge is 2.47. The molecule has 0 aromatic heterocycles. The monoisotopic (exact) mass is 302 g/mol. The highest BCUT2D eigenvalue weighted by Crippen LogP contribution is 2.38. The first-order valence-corrected chi connectivity index (χ1v) is 7.57. The van der Waals surface area contributed by atoms with Gasteiger partial charge in [-0.2, -0.15) is 0 Å². The third-order valence-corrected chi connectivity index (χ3v) is 4.40. The molecule has 0 bridgehead atoms. The van der Waals surface area contributed by atoms with Gasteiger partial charge in [0.1, 0.15) is 6.04 Å². The van der Waals surface area contributed by atoms with Crippen molar-refractivity contribution in [3.63, 3.8) is 0 Å². The third kappa shape index (κ3) is 2.10. The van der Waals surface area contributed by atoms with Crippen LogP contribution in [0.4, 0.5) is 0 Å². The molecule has 6 heteroatoms. The second kappa shape index (κ2) is 5.19. The summed E-state index contributed by atoms with van der Waals surface area (Å²) in [7, 11) is 0. The molecule has 0 aromatic carbocycles. The fourth-order valence-corrected chi connectivity index (χ4v) is 3.33. The number of carbonyl (C=O) groups is 4. The van der Waals surface area contributed by atoms with Crippen LogP contribution in [0.3, 0.4) is 0 Å². The second-order valence-corrected chi connectivity index (χ2v) is 6.15. The number of rotatable bonds is 2. The highest BCUT2D eigenvalue weighted by atomic mass is 16.2. The average molecular weight is 302 g/mol. The molecule has 4 amide bonds. The van der Waals surface area contributed by atoms with E-state index in [2.05, 4.69) is 5.32 Å². The lowest BCUT2D eigenvalue weighted by molar-refractivity contribution is -0.150. The van der Waals surface area contributed by atoms with Gasteiger partial charge in [-0.15, -0.1) is 0 Å². The summed E-state index contributed by atoms with van der Waals surface area (Å²) in [5, 5.41) is 2.21. The maximum absolute atomic E-state index is 12.7. The number of carbonyl (C=O) groups excluding carboxylic acids is 4. The molecule has 1 saturated heterocycles. The summed E-state index contributed by atoms with van der Waals surface area (Å²) in [6.07, 6.45) is 3.60. The molecule has 22 heavy (non-hydrogen) atoms. The minimum Gasteiger partial charge on any atom is -0.295 e. The Kier molecular flexibility index (Phi) is 3.47. The maximum atomic E-state index is 12.7. The Morgan fingerprint density at radius 3 is 2.50 bits per heavy atom. The van der Waals surface area contributed by atoms with Gasteiger partial charge in [-0.1, -0.05) is 19.9 Å². The number of imide groups is 2. The largest absolute Gasteiger partial charge is 0.295 e. The second-order valence-electron chi connectivity index (χ2n) is 6.15. The van der Waals surface area contributed by atoms with E-state index in [0.717, 1.165) is 16.9 Å². The zero-order valence-electron chi connectivity index (χ0n) is 12.6. The number of piperidine rings is 1. The Bertz CT molecular complexity index is 657. The Hall–Kier alpha value is -2.24. The van der Waals surface area contributed by atoms with Gasteiger partial charge in [0.2, 0.25) is 11.8 Å². The van der Waals surface area contributed by atoms with E-state index in [1.807, 2.05) is 19.9 Å². The topological polar surface area (TPSA) is 83.6 Å². The van der Waals surface area contributed by atoms with Crippen molar-refractivity contribution in [2.24, 2.45) is 5.92 Å². The molecular weight excluding hydrogens is 284 g/mol. The van der Waals surface area contributed by atoms with Gasteiger partial charge >= 0.3 is 0 Å². The lowest BCUT2D eigenvalue weighted by atomic mass is 9.86. The molecule has 2 heterocycles. The molecule has 6 nitrogen and oxygen atoms in total. The van der Waals surface area contributed by atoms with Gasteiger partial charge in [0.15, 0.2) is 0 Å². The minimum absolute atomic E-state index is 0.142. The van der Waals surface area contributed by atoms with Crippen LogP contribution < -0.4 is 5.32 Å². The van der Waals surface area contributed by atoms with Crippen LogP contribution in [-0.2, 0) is 19.2 Å². The van der Waals surface area contributed by atoms with Gasteiger partial charge in [-0.05, 0) is 30.8 Å². The van der Waals surface area contributed by atoms with Gasteiger partial charge < -0.3 is 0 Å². The van der Waals surface area contributed by atoms with E-state index in [4.69, 9.17) is 0 Å². The zero-order chi connectivity index (χ0) is 16.0. The summed E-state index contributed by atoms with van der Waals surface area (Å²) >= 11 is 0. The predicted octanol–water partition coefficient (Wildman–Crippen LogP) is 0.833. The van der Waals surface area contributed by atoms with Crippen molar-refractivity contribution in [2.45, 2.75) is 45.6 Å². The van der Waals surface area contributed by atoms with Crippen LogP contribution in [0.5, 0.6) is 0 Å². The fourth-order valence-electron chi connectivity index (χ4n) is 3.33. The normalized spacial score (nSPS) is 25.7. The first kappa shape index (κ1) is 14.7. The Morgan fingerprint density at radius 1 is 1.14 bits per heavy atom. The number of hydrogen-bond acceptors (Lipinski definition) is 4. The van der Waals surface area contributed by atoms with E-state index in [9.17, 15) is 19.2 Å². The van der Waals surface area contributed by atoms with Crippen molar-refractivity contribution in [1.82, 2.24) is 10.2 Å². The van der Waals surface area contributed by atoms with Crippen molar-refractivity contribution >= 4 is 23.6 Å². The van der Waals surface area contributed by atoms with Crippen molar-refractivity contribution in [3.8, 4) is 0 Å². The summed E-state index contributed by atoms with van der Waals surface area (Å²) in [6.45, 7) is 3.96. The summed E-state index contributed by atoms with van der Waals surface area (Å²) in [6, 6.07) is -0.878. The SMILES string of the molecule is CC(C)C1=CCCC2=C1C(=O)N(C1CCC(=O)NC1=O)C2=O. The molecular formula is C16H18N2O4. The van der Waals surface area contributed by atoms with Crippen LogP contribution in [0, 0.1) is 5.92 Å². The van der Waals surface area contributed by atoms with E-state index in [1.165, 1.54) is 0 Å². The number of hydrogen-bond donors (Lipinski definition) is 1. The molecule has 2 aliphatic heterocycles. The van der Waals surface area contributed by atoms with Crippen LogP contribution >= 0.6 is 0 Å². The van der Waals surface area contributed by atoms with Crippen LogP contribution in [0.1, 0.15) is 39.5 Å². The van der Waals surface area contributed by atoms with Crippen molar-refractivity contribution in [1.29, 1.82) is 0 Å². The summed E-state index contributed by atoms with van der Waals surface area (Å²) < 4.78 is 0. The summed E-state index contributed by atoms with van der Waals surface area (Å²) in [4.78, 5) is 49.6. The minimum atomic E-state index is -0.878. The molecule has 1 N–H and O–H groups in total. The molecule has 1 unspecified atom stereocenters. The van der Waals surface area contributed by atoms with Crippen molar-refractivity contribution in [2.75, 3.05) is 0 Å². The van der Waals surface area contributed by atoms with Gasteiger partial charge in [0.05, 0.1) is 5.57 Å². The average Bonchev–Trinajstić information content (AvgIpc) is 2.72. The van der Waals surface area contributed by atoms with Crippen LogP contribution in [0.15, 0.2) is 22.8 Å². The van der Waals surface area contributed by atoms with Gasteiger partial charge in [-0.25, -0.2) is 0 Å². The van der Waals surface area contributed by atoms with Crippen LogP contribution in [0.25, 0.3) is 0 Å². The van der Waals surface area contributed by atoms with E-state index in [0.29, 0.717) is 17.6 Å². The molecule has 0 saturated carbocycles. The van der Waals surface area contributed by atoms with Gasteiger partial charge in [0.25, 0.3) is 11.8 Å². The molecule has 3 aliphatic rings. The smallest absolute Gasteiger partial charge is 0.262 e. The van der Waals surface area contributed by atoms with Crippen LogP contribution in [0.2, 0.25) is 0 Å². The lowest BCUT2D eigenvalue weighted by Crippen LogP contribution is -2.54. The highest BCUT2D eigenvalue weighted by molar-refractivity contribution is 6.23.